The topological polar surface area (TPSA) is 52.9 Å². The number of nitriles is 1. The number of hydrogen-bond acceptors (Lipinski definition) is 2. The van der Waals surface area contributed by atoms with Gasteiger partial charge in [-0.05, 0) is 31.0 Å². The number of halogens is 2. The molecule has 5 heteroatoms. The highest BCUT2D eigenvalue weighted by atomic mass is 35.5. The van der Waals surface area contributed by atoms with Crippen molar-refractivity contribution in [2.45, 2.75) is 44.1 Å². The zero-order valence-electron chi connectivity index (χ0n) is 11.1. The maximum Gasteiger partial charge on any atom is 0.254 e. The zero-order valence-corrected chi connectivity index (χ0v) is 12.6. The summed E-state index contributed by atoms with van der Waals surface area (Å²) in [5.74, 6) is -0.332. The molecule has 1 aromatic carbocycles. The molecule has 0 unspecified atom stereocenters. The van der Waals surface area contributed by atoms with Crippen LogP contribution in [-0.2, 0) is 0 Å². The predicted molar refractivity (Wildman–Crippen MR) is 80.0 cm³/mol. The average molecular weight is 311 g/mol. The van der Waals surface area contributed by atoms with Crippen LogP contribution in [-0.4, -0.2) is 11.4 Å². The highest BCUT2D eigenvalue weighted by Gasteiger charge is 2.33. The minimum absolute atomic E-state index is 0.318. The van der Waals surface area contributed by atoms with Gasteiger partial charge >= 0.3 is 0 Å². The van der Waals surface area contributed by atoms with E-state index in [9.17, 15) is 10.1 Å². The van der Waals surface area contributed by atoms with E-state index in [2.05, 4.69) is 11.4 Å². The molecule has 3 nitrogen and oxygen atoms in total. The molecular weight excluding hydrogens is 295 g/mol. The Labute approximate surface area is 128 Å². The molecule has 1 aromatic rings. The summed E-state index contributed by atoms with van der Waals surface area (Å²) in [6.07, 6.45) is 5.50. The molecule has 0 saturated heterocycles. The van der Waals surface area contributed by atoms with Crippen molar-refractivity contribution in [2.75, 3.05) is 0 Å². The standard InChI is InChI=1S/C15H16Cl2N2O/c16-11-5-6-13(17)12(9-11)14(20)19-15(10-18)7-3-1-2-4-8-15/h5-6,9H,1-4,7-8H2,(H,19,20). The van der Waals surface area contributed by atoms with Gasteiger partial charge in [0.2, 0.25) is 0 Å². The minimum atomic E-state index is -0.779. The fourth-order valence-electron chi connectivity index (χ4n) is 2.55. The Bertz CT molecular complexity index is 543. The number of nitrogens with zero attached hydrogens (tertiary/aromatic N) is 1. The van der Waals surface area contributed by atoms with Crippen LogP contribution in [0, 0.1) is 11.3 Å². The van der Waals surface area contributed by atoms with Gasteiger partial charge in [-0.25, -0.2) is 0 Å². The molecule has 0 spiro atoms. The highest BCUT2D eigenvalue weighted by molar-refractivity contribution is 6.35. The summed E-state index contributed by atoms with van der Waals surface area (Å²) in [5.41, 5.74) is -0.461. The molecule has 0 atom stereocenters. The summed E-state index contributed by atoms with van der Waals surface area (Å²) in [6, 6.07) is 7.03. The fraction of sp³-hybridized carbons (Fsp3) is 0.467. The monoisotopic (exact) mass is 310 g/mol. The van der Waals surface area contributed by atoms with Crippen LogP contribution in [0.15, 0.2) is 18.2 Å². The van der Waals surface area contributed by atoms with E-state index in [1.807, 2.05) is 0 Å². The third kappa shape index (κ3) is 3.45. The number of rotatable bonds is 2. The fourth-order valence-corrected chi connectivity index (χ4v) is 2.93. The van der Waals surface area contributed by atoms with Crippen molar-refractivity contribution in [3.05, 3.63) is 33.8 Å². The van der Waals surface area contributed by atoms with Crippen molar-refractivity contribution in [2.24, 2.45) is 0 Å². The first-order valence-corrected chi connectivity index (χ1v) is 7.51. The van der Waals surface area contributed by atoms with Gasteiger partial charge in [0.15, 0.2) is 0 Å². The molecule has 0 aliphatic heterocycles. The lowest BCUT2D eigenvalue weighted by Gasteiger charge is -2.26. The van der Waals surface area contributed by atoms with Crippen molar-refractivity contribution < 1.29 is 4.79 Å². The number of amides is 1. The van der Waals surface area contributed by atoms with Crippen LogP contribution in [0.25, 0.3) is 0 Å². The molecule has 1 saturated carbocycles. The first-order valence-electron chi connectivity index (χ1n) is 6.75. The molecule has 0 radical (unpaired) electrons. The van der Waals surface area contributed by atoms with Crippen LogP contribution in [0.4, 0.5) is 0 Å². The molecule has 0 aromatic heterocycles. The number of carbonyl (C=O) groups excluding carboxylic acids is 1. The summed E-state index contributed by atoms with van der Waals surface area (Å²) in [5, 5.41) is 13.1. The normalized spacial score (nSPS) is 17.9. The third-order valence-electron chi connectivity index (χ3n) is 3.70. The van der Waals surface area contributed by atoms with Gasteiger partial charge in [-0.15, -0.1) is 0 Å². The quantitative estimate of drug-likeness (QED) is 0.826. The van der Waals surface area contributed by atoms with Gasteiger partial charge in [0.1, 0.15) is 5.54 Å². The van der Waals surface area contributed by atoms with Gasteiger partial charge in [0.25, 0.3) is 5.91 Å². The van der Waals surface area contributed by atoms with E-state index in [0.29, 0.717) is 28.5 Å². The van der Waals surface area contributed by atoms with Crippen LogP contribution in [0.5, 0.6) is 0 Å². The third-order valence-corrected chi connectivity index (χ3v) is 4.26. The second-order valence-electron chi connectivity index (χ2n) is 5.19. The Balaban J connectivity index is 2.21. The Kier molecular flexibility index (Phi) is 4.91. The van der Waals surface area contributed by atoms with Gasteiger partial charge < -0.3 is 5.32 Å². The number of hydrogen-bond donors (Lipinski definition) is 1. The molecule has 1 N–H and O–H groups in total. The van der Waals surface area contributed by atoms with Crippen LogP contribution < -0.4 is 5.32 Å². The summed E-state index contributed by atoms with van der Waals surface area (Å²) in [4.78, 5) is 12.4. The molecule has 106 valence electrons. The molecule has 0 heterocycles. The van der Waals surface area contributed by atoms with Crippen molar-refractivity contribution in [3.63, 3.8) is 0 Å². The van der Waals surface area contributed by atoms with E-state index in [-0.39, 0.29) is 5.91 Å². The Morgan fingerprint density at radius 2 is 1.85 bits per heavy atom. The van der Waals surface area contributed by atoms with Crippen molar-refractivity contribution in [1.29, 1.82) is 5.26 Å². The van der Waals surface area contributed by atoms with Crippen molar-refractivity contribution >= 4 is 29.1 Å². The highest BCUT2D eigenvalue weighted by Crippen LogP contribution is 2.28. The van der Waals surface area contributed by atoms with E-state index < -0.39 is 5.54 Å². The van der Waals surface area contributed by atoms with Gasteiger partial charge in [-0.2, -0.15) is 5.26 Å². The van der Waals surface area contributed by atoms with Gasteiger partial charge in [0, 0.05) is 5.02 Å². The number of benzene rings is 1. The number of nitrogens with one attached hydrogen (secondary N) is 1. The molecule has 1 aliphatic carbocycles. The second kappa shape index (κ2) is 6.47. The maximum atomic E-state index is 12.4. The van der Waals surface area contributed by atoms with E-state index in [4.69, 9.17) is 23.2 Å². The van der Waals surface area contributed by atoms with Gasteiger partial charge in [0.05, 0.1) is 16.7 Å². The van der Waals surface area contributed by atoms with Crippen LogP contribution in [0.3, 0.4) is 0 Å². The summed E-state index contributed by atoms with van der Waals surface area (Å²) < 4.78 is 0. The smallest absolute Gasteiger partial charge is 0.254 e. The van der Waals surface area contributed by atoms with Crippen LogP contribution in [0.2, 0.25) is 10.0 Å². The lowest BCUT2D eigenvalue weighted by molar-refractivity contribution is 0.0913. The lowest BCUT2D eigenvalue weighted by atomic mass is 9.91. The largest absolute Gasteiger partial charge is 0.334 e. The maximum absolute atomic E-state index is 12.4. The molecule has 20 heavy (non-hydrogen) atoms. The zero-order chi connectivity index (χ0) is 14.6. The number of carbonyl (C=O) groups is 1. The molecule has 1 amide bonds. The van der Waals surface area contributed by atoms with E-state index >= 15 is 0 Å². The lowest BCUT2D eigenvalue weighted by Crippen LogP contribution is -2.47. The van der Waals surface area contributed by atoms with E-state index in [1.165, 1.54) is 6.07 Å². The average Bonchev–Trinajstić information content (AvgIpc) is 2.67. The van der Waals surface area contributed by atoms with Gasteiger partial charge in [-0.3, -0.25) is 4.79 Å². The summed E-state index contributed by atoms with van der Waals surface area (Å²) >= 11 is 11.9. The first-order chi connectivity index (χ1) is 9.56. The Hall–Kier alpha value is -1.24. The molecule has 2 rings (SSSR count). The molecule has 1 fully saturated rings. The van der Waals surface area contributed by atoms with Crippen molar-refractivity contribution in [1.82, 2.24) is 5.32 Å². The van der Waals surface area contributed by atoms with E-state index in [1.54, 1.807) is 12.1 Å². The second-order valence-corrected chi connectivity index (χ2v) is 6.03. The Morgan fingerprint density at radius 1 is 1.20 bits per heavy atom. The minimum Gasteiger partial charge on any atom is -0.334 e. The van der Waals surface area contributed by atoms with Crippen molar-refractivity contribution in [3.8, 4) is 6.07 Å². The summed E-state index contributed by atoms with van der Waals surface area (Å²) in [7, 11) is 0. The first kappa shape index (κ1) is 15.2. The Morgan fingerprint density at radius 3 is 2.45 bits per heavy atom. The predicted octanol–water partition coefficient (Wildman–Crippen LogP) is 4.34. The SMILES string of the molecule is N#CC1(NC(=O)c2cc(Cl)ccc2Cl)CCCCCC1. The summed E-state index contributed by atoms with van der Waals surface area (Å²) in [6.45, 7) is 0. The van der Waals surface area contributed by atoms with Crippen LogP contribution in [0.1, 0.15) is 48.9 Å². The molecule has 0 bridgehead atoms. The molecule has 1 aliphatic rings. The van der Waals surface area contributed by atoms with Crippen LogP contribution >= 0.6 is 23.2 Å². The van der Waals surface area contributed by atoms with E-state index in [0.717, 1.165) is 25.7 Å². The van der Waals surface area contributed by atoms with Gasteiger partial charge in [-0.1, -0.05) is 48.9 Å². The molecular formula is C15H16Cl2N2O.